The molecule has 1 aliphatic carbocycles. The largest absolute Gasteiger partial charge is 0.372 e. The zero-order valence-corrected chi connectivity index (χ0v) is 10.9. The monoisotopic (exact) mass is 234 g/mol. The van der Waals surface area contributed by atoms with Crippen LogP contribution < -0.4 is 5.32 Å². The molecule has 0 saturated carbocycles. The number of hydrogen-bond donors (Lipinski definition) is 1. The Morgan fingerprint density at radius 1 is 1.35 bits per heavy atom. The molecule has 94 valence electrons. The molecule has 0 aromatic heterocycles. The van der Waals surface area contributed by atoms with Crippen LogP contribution in [0.25, 0.3) is 0 Å². The summed E-state index contributed by atoms with van der Waals surface area (Å²) in [6.45, 7) is 12.1. The number of hydrogen-bond acceptors (Lipinski definition) is 3. The van der Waals surface area contributed by atoms with Crippen LogP contribution in [-0.4, -0.2) is 36.9 Å². The lowest BCUT2D eigenvalue weighted by Gasteiger charge is -2.37. The van der Waals surface area contributed by atoms with Crippen molar-refractivity contribution in [3.05, 3.63) is 23.4 Å². The highest BCUT2D eigenvalue weighted by atomic mass is 16.1. The molecule has 0 aromatic carbocycles. The summed E-state index contributed by atoms with van der Waals surface area (Å²) < 4.78 is 0. The zero-order valence-electron chi connectivity index (χ0n) is 10.9. The second kappa shape index (κ2) is 5.05. The minimum atomic E-state index is 0.304. The number of nitrogens with one attached hydrogen (secondary N) is 1. The summed E-state index contributed by atoms with van der Waals surface area (Å²) in [5, 5.41) is 3.35. The van der Waals surface area contributed by atoms with Crippen molar-refractivity contribution < 1.29 is 4.79 Å². The molecule has 2 rings (SSSR count). The third-order valence-electron chi connectivity index (χ3n) is 3.92. The van der Waals surface area contributed by atoms with Crippen molar-refractivity contribution in [3.63, 3.8) is 0 Å². The molecular weight excluding hydrogens is 212 g/mol. The van der Waals surface area contributed by atoms with Gasteiger partial charge in [0.1, 0.15) is 0 Å². The molecule has 1 saturated heterocycles. The molecule has 2 aliphatic rings. The number of rotatable bonds is 2. The second-order valence-electron chi connectivity index (χ2n) is 5.18. The minimum Gasteiger partial charge on any atom is -0.372 e. The van der Waals surface area contributed by atoms with Crippen LogP contribution in [0.1, 0.15) is 26.7 Å². The maximum absolute atomic E-state index is 12.0. The van der Waals surface area contributed by atoms with Crippen LogP contribution >= 0.6 is 0 Å². The number of allylic oxidation sites excluding steroid dienone is 3. The summed E-state index contributed by atoms with van der Waals surface area (Å²) in [4.78, 5) is 14.4. The average Bonchev–Trinajstić information content (AvgIpc) is 2.33. The lowest BCUT2D eigenvalue weighted by molar-refractivity contribution is -0.116. The highest BCUT2D eigenvalue weighted by molar-refractivity contribution is 5.96. The Labute approximate surface area is 104 Å². The van der Waals surface area contributed by atoms with Crippen molar-refractivity contribution in [2.24, 2.45) is 5.92 Å². The van der Waals surface area contributed by atoms with Gasteiger partial charge in [0, 0.05) is 43.9 Å². The van der Waals surface area contributed by atoms with Gasteiger partial charge in [-0.15, -0.1) is 0 Å². The summed E-state index contributed by atoms with van der Waals surface area (Å²) in [6, 6.07) is 0. The number of Topliss-reactive ketones (excluding diaryl/α,β-unsaturated/α-hetero) is 1. The van der Waals surface area contributed by atoms with E-state index < -0.39 is 0 Å². The van der Waals surface area contributed by atoms with E-state index in [0.29, 0.717) is 18.1 Å². The van der Waals surface area contributed by atoms with Gasteiger partial charge in [-0.3, -0.25) is 4.79 Å². The molecule has 1 heterocycles. The normalized spacial score (nSPS) is 26.4. The Morgan fingerprint density at radius 3 is 2.59 bits per heavy atom. The first-order chi connectivity index (χ1) is 8.09. The molecule has 0 bridgehead atoms. The molecule has 3 heteroatoms. The first-order valence-corrected chi connectivity index (χ1v) is 6.43. The molecule has 3 nitrogen and oxygen atoms in total. The lowest BCUT2D eigenvalue weighted by Crippen LogP contribution is -2.44. The van der Waals surface area contributed by atoms with E-state index in [9.17, 15) is 4.79 Å². The summed E-state index contributed by atoms with van der Waals surface area (Å²) in [5.41, 5.74) is 3.37. The third-order valence-corrected chi connectivity index (χ3v) is 3.92. The van der Waals surface area contributed by atoms with Crippen LogP contribution in [0.3, 0.4) is 0 Å². The molecule has 1 fully saturated rings. The number of piperazine rings is 1. The highest BCUT2D eigenvalue weighted by Gasteiger charge is 2.28. The Morgan fingerprint density at radius 2 is 2.00 bits per heavy atom. The van der Waals surface area contributed by atoms with Crippen LogP contribution in [0.15, 0.2) is 23.4 Å². The average molecular weight is 234 g/mol. The van der Waals surface area contributed by atoms with E-state index in [1.54, 1.807) is 0 Å². The fraction of sp³-hybridized carbons (Fsp3) is 0.643. The van der Waals surface area contributed by atoms with Gasteiger partial charge in [0.25, 0.3) is 0 Å². The summed E-state index contributed by atoms with van der Waals surface area (Å²) in [7, 11) is 0. The van der Waals surface area contributed by atoms with Crippen LogP contribution in [-0.2, 0) is 4.79 Å². The van der Waals surface area contributed by atoms with E-state index in [1.165, 1.54) is 5.70 Å². The lowest BCUT2D eigenvalue weighted by atomic mass is 9.82. The van der Waals surface area contributed by atoms with E-state index in [-0.39, 0.29) is 0 Å². The summed E-state index contributed by atoms with van der Waals surface area (Å²) in [5.74, 6) is 0.647. The highest BCUT2D eigenvalue weighted by Crippen LogP contribution is 2.32. The van der Waals surface area contributed by atoms with E-state index >= 15 is 0 Å². The minimum absolute atomic E-state index is 0.304. The van der Waals surface area contributed by atoms with E-state index in [2.05, 4.69) is 16.8 Å². The molecule has 1 aliphatic heterocycles. The van der Waals surface area contributed by atoms with Crippen molar-refractivity contribution >= 4 is 5.78 Å². The Bertz CT molecular complexity index is 364. The molecule has 0 aromatic rings. The van der Waals surface area contributed by atoms with Crippen molar-refractivity contribution in [1.29, 1.82) is 0 Å². The van der Waals surface area contributed by atoms with Crippen molar-refractivity contribution in [2.45, 2.75) is 26.7 Å². The molecule has 0 amide bonds. The third kappa shape index (κ3) is 2.60. The van der Waals surface area contributed by atoms with Crippen LogP contribution in [0.5, 0.6) is 0 Å². The van der Waals surface area contributed by atoms with Gasteiger partial charge in [-0.1, -0.05) is 12.2 Å². The predicted molar refractivity (Wildman–Crippen MR) is 69.7 cm³/mol. The quantitative estimate of drug-likeness (QED) is 0.738. The van der Waals surface area contributed by atoms with Gasteiger partial charge in [0.05, 0.1) is 0 Å². The van der Waals surface area contributed by atoms with Gasteiger partial charge in [-0.2, -0.15) is 0 Å². The molecular formula is C14H22N2O. The van der Waals surface area contributed by atoms with Gasteiger partial charge in [-0.25, -0.2) is 0 Å². The van der Waals surface area contributed by atoms with E-state index in [4.69, 9.17) is 0 Å². The van der Waals surface area contributed by atoms with Gasteiger partial charge < -0.3 is 10.2 Å². The zero-order chi connectivity index (χ0) is 12.4. The SMILES string of the molecule is C=C(C)C1CC(=O)C(C)=C(N2CCNCC2)C1. The van der Waals surface area contributed by atoms with Crippen molar-refractivity contribution in [2.75, 3.05) is 26.2 Å². The van der Waals surface area contributed by atoms with Gasteiger partial charge in [0.15, 0.2) is 5.78 Å². The van der Waals surface area contributed by atoms with Gasteiger partial charge in [-0.05, 0) is 26.2 Å². The number of carbonyl (C=O) groups excluding carboxylic acids is 1. The van der Waals surface area contributed by atoms with Gasteiger partial charge in [0.2, 0.25) is 0 Å². The van der Waals surface area contributed by atoms with E-state index in [1.807, 2.05) is 13.8 Å². The molecule has 1 unspecified atom stereocenters. The molecule has 17 heavy (non-hydrogen) atoms. The standard InChI is InChI=1S/C14H22N2O/c1-10(2)12-8-13(11(3)14(17)9-12)16-6-4-15-5-7-16/h12,15H,1,4-9H2,2-3H3. The molecule has 1 atom stereocenters. The Balaban J connectivity index is 2.19. The first-order valence-electron chi connectivity index (χ1n) is 6.43. The summed E-state index contributed by atoms with van der Waals surface area (Å²) in [6.07, 6.45) is 1.64. The first kappa shape index (κ1) is 12.4. The predicted octanol–water partition coefficient (Wildman–Crippen LogP) is 1.72. The molecule has 0 spiro atoms. The topological polar surface area (TPSA) is 32.3 Å². The van der Waals surface area contributed by atoms with Crippen LogP contribution in [0, 0.1) is 5.92 Å². The Kier molecular flexibility index (Phi) is 3.67. The fourth-order valence-corrected chi connectivity index (χ4v) is 2.65. The molecule has 0 radical (unpaired) electrons. The second-order valence-corrected chi connectivity index (χ2v) is 5.18. The fourth-order valence-electron chi connectivity index (χ4n) is 2.65. The number of carbonyl (C=O) groups is 1. The summed E-state index contributed by atoms with van der Waals surface area (Å²) >= 11 is 0. The van der Waals surface area contributed by atoms with Crippen molar-refractivity contribution in [3.8, 4) is 0 Å². The van der Waals surface area contributed by atoms with Crippen molar-refractivity contribution in [1.82, 2.24) is 10.2 Å². The maximum Gasteiger partial charge on any atom is 0.160 e. The number of nitrogens with zero attached hydrogens (tertiary/aromatic N) is 1. The molecule has 1 N–H and O–H groups in total. The van der Waals surface area contributed by atoms with Crippen LogP contribution in [0.4, 0.5) is 0 Å². The smallest absolute Gasteiger partial charge is 0.160 e. The maximum atomic E-state index is 12.0. The van der Waals surface area contributed by atoms with Gasteiger partial charge >= 0.3 is 0 Å². The Hall–Kier alpha value is -1.09. The van der Waals surface area contributed by atoms with E-state index in [0.717, 1.165) is 43.7 Å². The number of ketones is 1. The van der Waals surface area contributed by atoms with Crippen LogP contribution in [0.2, 0.25) is 0 Å².